The number of nitrogens with zero attached hydrogens (tertiary/aromatic N) is 3. The van der Waals surface area contributed by atoms with Crippen LogP contribution >= 0.6 is 11.6 Å². The Labute approximate surface area is 209 Å². The van der Waals surface area contributed by atoms with E-state index >= 15 is 0 Å². The monoisotopic (exact) mass is 486 g/mol. The summed E-state index contributed by atoms with van der Waals surface area (Å²) in [5.41, 5.74) is 2.59. The number of nitrogens with one attached hydrogen (secondary N) is 1. The molecule has 1 N–H and O–H groups in total. The molecule has 1 heterocycles. The maximum Gasteiger partial charge on any atom is 0.321 e. The summed E-state index contributed by atoms with van der Waals surface area (Å²) < 4.78 is 0. The zero-order valence-corrected chi connectivity index (χ0v) is 21.8. The first-order chi connectivity index (χ1) is 16.1. The minimum Gasteiger partial charge on any atom is -0.337 e. The second-order valence-corrected chi connectivity index (χ2v) is 11.4. The van der Waals surface area contributed by atoms with Crippen LogP contribution < -0.4 is 5.32 Å². The van der Waals surface area contributed by atoms with Crippen molar-refractivity contribution in [1.82, 2.24) is 14.7 Å². The fourth-order valence-corrected chi connectivity index (χ4v) is 5.81. The summed E-state index contributed by atoms with van der Waals surface area (Å²) in [6, 6.07) is 7.08. The smallest absolute Gasteiger partial charge is 0.321 e. The van der Waals surface area contributed by atoms with Crippen molar-refractivity contribution in [3.05, 3.63) is 40.9 Å². The highest BCUT2D eigenvalue weighted by molar-refractivity contribution is 6.30. The second-order valence-electron chi connectivity index (χ2n) is 11.0. The number of carbonyl (C=O) groups is 2. The number of allylic oxidation sites excluding steroid dienone is 1. The Morgan fingerprint density at radius 1 is 1.15 bits per heavy atom. The molecule has 3 aliphatic carbocycles. The van der Waals surface area contributed by atoms with Gasteiger partial charge in [-0.1, -0.05) is 50.9 Å². The van der Waals surface area contributed by atoms with Gasteiger partial charge in [-0.2, -0.15) is 0 Å². The van der Waals surface area contributed by atoms with Crippen molar-refractivity contribution in [2.45, 2.75) is 40.5 Å². The number of hydrogen-bond acceptors (Lipinski definition) is 3. The van der Waals surface area contributed by atoms with Crippen molar-refractivity contribution >= 4 is 29.2 Å². The topological polar surface area (TPSA) is 55.9 Å². The van der Waals surface area contributed by atoms with E-state index in [1.54, 1.807) is 12.1 Å². The van der Waals surface area contributed by atoms with Crippen LogP contribution in [0.25, 0.3) is 0 Å². The molecule has 0 aromatic heterocycles. The lowest BCUT2D eigenvalue weighted by atomic mass is 9.49. The minimum absolute atomic E-state index is 0.000231. The molecule has 1 aromatic carbocycles. The number of halogens is 1. The summed E-state index contributed by atoms with van der Waals surface area (Å²) >= 11 is 5.92. The minimum atomic E-state index is -0.0794. The number of carbonyl (C=O) groups excluding carboxylic acids is 2. The molecule has 2 unspecified atom stereocenters. The van der Waals surface area contributed by atoms with Crippen molar-refractivity contribution < 1.29 is 9.59 Å². The Kier molecular flexibility index (Phi) is 7.58. The molecule has 5 rings (SSSR count). The van der Waals surface area contributed by atoms with Crippen LogP contribution in [0.1, 0.15) is 40.5 Å². The van der Waals surface area contributed by atoms with Gasteiger partial charge in [0, 0.05) is 62.4 Å². The highest BCUT2D eigenvalue weighted by Gasteiger charge is 2.51. The maximum absolute atomic E-state index is 13.0. The third-order valence-corrected chi connectivity index (χ3v) is 8.45. The molecule has 2 fully saturated rings. The first-order valence-electron chi connectivity index (χ1n) is 12.7. The average molecular weight is 487 g/mol. The van der Waals surface area contributed by atoms with E-state index in [-0.39, 0.29) is 17.9 Å². The van der Waals surface area contributed by atoms with E-state index in [9.17, 15) is 9.59 Å². The average Bonchev–Trinajstić information content (AvgIpc) is 2.82. The first kappa shape index (κ1) is 25.1. The SMILES string of the molecule is CC(C)C(=O)N(CCN1CCN(C(=O)Nc2ccc(Cl)cc2)CC1)CC1=CCC2CC1C2(C)C. The molecule has 0 radical (unpaired) electrons. The highest BCUT2D eigenvalue weighted by atomic mass is 35.5. The molecular formula is C27H39ClN4O2. The molecule has 6 nitrogen and oxygen atoms in total. The van der Waals surface area contributed by atoms with Crippen LogP contribution in [-0.2, 0) is 4.79 Å². The molecule has 34 heavy (non-hydrogen) atoms. The van der Waals surface area contributed by atoms with E-state index in [1.807, 2.05) is 30.9 Å². The van der Waals surface area contributed by atoms with E-state index in [4.69, 9.17) is 11.6 Å². The number of rotatable bonds is 7. The molecule has 2 bridgehead atoms. The van der Waals surface area contributed by atoms with Gasteiger partial charge in [-0.15, -0.1) is 0 Å². The van der Waals surface area contributed by atoms with Crippen LogP contribution in [0.15, 0.2) is 35.9 Å². The van der Waals surface area contributed by atoms with Crippen LogP contribution in [-0.4, -0.2) is 72.5 Å². The Morgan fingerprint density at radius 2 is 1.82 bits per heavy atom. The van der Waals surface area contributed by atoms with Crippen molar-refractivity contribution in [2.75, 3.05) is 51.1 Å². The molecule has 4 aliphatic rings. The Balaban J connectivity index is 1.27. The van der Waals surface area contributed by atoms with Crippen LogP contribution in [0.3, 0.4) is 0 Å². The first-order valence-corrected chi connectivity index (χ1v) is 13.0. The van der Waals surface area contributed by atoms with E-state index in [0.717, 1.165) is 50.7 Å². The largest absolute Gasteiger partial charge is 0.337 e. The zero-order valence-electron chi connectivity index (χ0n) is 21.0. The normalized spacial score (nSPS) is 23.8. The van der Waals surface area contributed by atoms with E-state index in [2.05, 4.69) is 35.0 Å². The van der Waals surface area contributed by atoms with Crippen LogP contribution in [0.5, 0.6) is 0 Å². The molecule has 7 heteroatoms. The van der Waals surface area contributed by atoms with E-state index in [1.165, 1.54) is 12.0 Å². The van der Waals surface area contributed by atoms with Crippen LogP contribution in [0, 0.1) is 23.2 Å². The number of piperazine rings is 1. The lowest BCUT2D eigenvalue weighted by Gasteiger charge is -2.57. The Morgan fingerprint density at radius 3 is 2.41 bits per heavy atom. The van der Waals surface area contributed by atoms with Gasteiger partial charge >= 0.3 is 6.03 Å². The predicted octanol–water partition coefficient (Wildman–Crippen LogP) is 4.97. The van der Waals surface area contributed by atoms with Gasteiger partial charge in [-0.05, 0) is 54.4 Å². The van der Waals surface area contributed by atoms with Crippen LogP contribution in [0.4, 0.5) is 10.5 Å². The van der Waals surface area contributed by atoms with Gasteiger partial charge in [0.2, 0.25) is 5.91 Å². The number of anilines is 1. The molecule has 186 valence electrons. The van der Waals surface area contributed by atoms with Crippen molar-refractivity contribution in [3.8, 4) is 0 Å². The third kappa shape index (κ3) is 5.44. The molecule has 0 spiro atoms. The molecular weight excluding hydrogens is 448 g/mol. The number of fused-ring (bicyclic) bond motifs is 1. The Hall–Kier alpha value is -2.05. The fraction of sp³-hybridized carbons (Fsp3) is 0.630. The summed E-state index contributed by atoms with van der Waals surface area (Å²) in [5, 5.41) is 3.59. The summed E-state index contributed by atoms with van der Waals surface area (Å²) in [6.45, 7) is 14.1. The quantitative estimate of drug-likeness (QED) is 0.554. The Bertz CT molecular complexity index is 919. The van der Waals surface area contributed by atoms with Gasteiger partial charge in [0.15, 0.2) is 0 Å². The summed E-state index contributed by atoms with van der Waals surface area (Å²) in [7, 11) is 0. The van der Waals surface area contributed by atoms with Crippen molar-refractivity contribution in [1.29, 1.82) is 0 Å². The van der Waals surface area contributed by atoms with Gasteiger partial charge in [0.05, 0.1) is 0 Å². The van der Waals surface area contributed by atoms with E-state index in [0.29, 0.717) is 29.4 Å². The van der Waals surface area contributed by atoms with Gasteiger partial charge in [-0.25, -0.2) is 4.79 Å². The molecule has 1 saturated heterocycles. The highest BCUT2D eigenvalue weighted by Crippen LogP contribution is 2.59. The predicted molar refractivity (Wildman–Crippen MR) is 138 cm³/mol. The second kappa shape index (κ2) is 10.3. The van der Waals surface area contributed by atoms with Gasteiger partial charge in [-0.3, -0.25) is 9.69 Å². The van der Waals surface area contributed by atoms with E-state index < -0.39 is 0 Å². The lowest BCUT2D eigenvalue weighted by molar-refractivity contribution is -0.134. The number of urea groups is 1. The summed E-state index contributed by atoms with van der Waals surface area (Å²) in [5.74, 6) is 1.67. The van der Waals surface area contributed by atoms with Crippen LogP contribution in [0.2, 0.25) is 5.02 Å². The maximum atomic E-state index is 13.0. The molecule has 1 aliphatic heterocycles. The summed E-state index contributed by atoms with van der Waals surface area (Å²) in [6.07, 6.45) is 4.84. The number of amides is 3. The molecule has 1 aromatic rings. The number of hydrogen-bond donors (Lipinski definition) is 1. The molecule has 3 amide bonds. The number of benzene rings is 1. The summed E-state index contributed by atoms with van der Waals surface area (Å²) in [4.78, 5) is 31.9. The zero-order chi connectivity index (χ0) is 24.5. The van der Waals surface area contributed by atoms with Crippen molar-refractivity contribution in [3.63, 3.8) is 0 Å². The molecule has 1 saturated carbocycles. The standard InChI is InChI=1S/C27H39ClN4O2/c1-19(2)25(33)32(18-20-5-6-21-17-24(20)27(21,3)4)16-13-30-11-14-31(15-12-30)26(34)29-23-9-7-22(28)8-10-23/h5,7-10,19,21,24H,6,11-18H2,1-4H3,(H,29,34). The fourth-order valence-electron chi connectivity index (χ4n) is 5.68. The van der Waals surface area contributed by atoms with Gasteiger partial charge in [0.1, 0.15) is 0 Å². The van der Waals surface area contributed by atoms with Gasteiger partial charge in [0.25, 0.3) is 0 Å². The third-order valence-electron chi connectivity index (χ3n) is 8.20. The van der Waals surface area contributed by atoms with Crippen molar-refractivity contribution in [2.24, 2.45) is 23.2 Å². The van der Waals surface area contributed by atoms with Gasteiger partial charge < -0.3 is 15.1 Å². The lowest BCUT2D eigenvalue weighted by Crippen LogP contribution is -2.53. The molecule has 2 atom stereocenters.